The molecular formula is C32H25N7O. The average Bonchev–Trinajstić information content (AvgIpc) is 3.02. The number of anilines is 1. The van der Waals surface area contributed by atoms with Crippen LogP contribution in [0.4, 0.5) is 5.95 Å². The van der Waals surface area contributed by atoms with Crippen molar-refractivity contribution in [1.29, 1.82) is 5.41 Å². The fraction of sp³-hybridized carbons (Fsp3) is 0.0312. The Morgan fingerprint density at radius 3 is 2.05 bits per heavy atom. The smallest absolute Gasteiger partial charge is 0.232 e. The van der Waals surface area contributed by atoms with Crippen LogP contribution in [0.5, 0.6) is 5.75 Å². The first-order valence-corrected chi connectivity index (χ1v) is 12.7. The Bertz CT molecular complexity index is 1850. The van der Waals surface area contributed by atoms with Gasteiger partial charge >= 0.3 is 0 Å². The number of nitrogens with one attached hydrogen (secondary N) is 2. The molecule has 0 aliphatic heterocycles. The minimum absolute atomic E-state index is 0.212. The molecule has 0 amide bonds. The topological polar surface area (TPSA) is 101 Å². The van der Waals surface area contributed by atoms with Crippen LogP contribution in [0.25, 0.3) is 39.1 Å². The number of benzene rings is 4. The number of methoxy groups -OCH3 is 1. The Balaban J connectivity index is 1.57. The van der Waals surface area contributed by atoms with Crippen LogP contribution in [0.2, 0.25) is 0 Å². The van der Waals surface area contributed by atoms with E-state index in [0.717, 1.165) is 33.7 Å². The predicted molar refractivity (Wildman–Crippen MR) is 158 cm³/mol. The predicted octanol–water partition coefficient (Wildman–Crippen LogP) is 6.08. The van der Waals surface area contributed by atoms with Crippen molar-refractivity contribution in [1.82, 2.24) is 19.7 Å². The van der Waals surface area contributed by atoms with Crippen LogP contribution in [0, 0.1) is 5.41 Å². The second-order valence-corrected chi connectivity index (χ2v) is 8.95. The van der Waals surface area contributed by atoms with Crippen LogP contribution < -0.4 is 15.7 Å². The van der Waals surface area contributed by atoms with Crippen molar-refractivity contribution < 1.29 is 4.74 Å². The van der Waals surface area contributed by atoms with Crippen molar-refractivity contribution in [2.45, 2.75) is 0 Å². The summed E-state index contributed by atoms with van der Waals surface area (Å²) in [6, 6.07) is 37.0. The number of rotatable bonds is 7. The normalized spacial score (nSPS) is 11.1. The molecular weight excluding hydrogens is 498 g/mol. The maximum atomic E-state index is 9.46. The fourth-order valence-corrected chi connectivity index (χ4v) is 4.54. The van der Waals surface area contributed by atoms with E-state index in [-0.39, 0.29) is 5.49 Å². The third-order valence-electron chi connectivity index (χ3n) is 6.46. The molecule has 0 saturated carbocycles. The lowest BCUT2D eigenvalue weighted by Crippen LogP contribution is -2.24. The molecule has 2 N–H and O–H groups in total. The molecule has 0 radical (unpaired) electrons. The molecule has 0 unspecified atom stereocenters. The number of nitrogens with zero attached hydrogens (tertiary/aromatic N) is 5. The zero-order valence-electron chi connectivity index (χ0n) is 21.7. The fourth-order valence-electron chi connectivity index (χ4n) is 4.54. The van der Waals surface area contributed by atoms with E-state index >= 15 is 0 Å². The van der Waals surface area contributed by atoms with Gasteiger partial charge in [-0.25, -0.2) is 5.43 Å². The van der Waals surface area contributed by atoms with Crippen LogP contribution in [0.15, 0.2) is 120 Å². The second-order valence-electron chi connectivity index (χ2n) is 8.95. The Labute approximate surface area is 230 Å². The summed E-state index contributed by atoms with van der Waals surface area (Å²) < 4.78 is 6.97. The van der Waals surface area contributed by atoms with E-state index in [2.05, 4.69) is 20.7 Å². The second kappa shape index (κ2) is 11.0. The number of hydrazone groups is 1. The van der Waals surface area contributed by atoms with Gasteiger partial charge in [-0.2, -0.15) is 10.1 Å². The van der Waals surface area contributed by atoms with Crippen LogP contribution in [0.3, 0.4) is 0 Å². The largest absolute Gasteiger partial charge is 0.497 e. The molecule has 0 saturated heterocycles. The van der Waals surface area contributed by atoms with Crippen molar-refractivity contribution in [2.75, 3.05) is 12.5 Å². The van der Waals surface area contributed by atoms with Crippen molar-refractivity contribution in [3.05, 3.63) is 126 Å². The summed E-state index contributed by atoms with van der Waals surface area (Å²) in [6.07, 6.45) is 1.68. The van der Waals surface area contributed by atoms with Gasteiger partial charge in [-0.3, -0.25) is 9.98 Å². The summed E-state index contributed by atoms with van der Waals surface area (Å²) >= 11 is 0. The van der Waals surface area contributed by atoms with Crippen molar-refractivity contribution >= 4 is 23.2 Å². The zero-order chi connectivity index (χ0) is 27.3. The highest BCUT2D eigenvalue weighted by molar-refractivity contribution is 5.99. The van der Waals surface area contributed by atoms with E-state index in [1.165, 1.54) is 0 Å². The minimum Gasteiger partial charge on any atom is -0.497 e. The van der Waals surface area contributed by atoms with Crippen LogP contribution in [-0.2, 0) is 0 Å². The first-order valence-electron chi connectivity index (χ1n) is 12.7. The van der Waals surface area contributed by atoms with Crippen LogP contribution in [-0.4, -0.2) is 33.1 Å². The van der Waals surface area contributed by atoms with Crippen LogP contribution >= 0.6 is 0 Å². The molecule has 0 spiro atoms. The molecule has 4 aromatic carbocycles. The SMILES string of the molecule is COc1ccc(C=NNc2nc3nnc(-c4ccccc4)c(-c4ccccc4)c3c(=N)n2-c2ccccc2)cc1. The number of aromatic nitrogens is 4. The molecule has 2 heterocycles. The van der Waals surface area contributed by atoms with Gasteiger partial charge in [0, 0.05) is 11.1 Å². The Morgan fingerprint density at radius 2 is 1.40 bits per heavy atom. The van der Waals surface area contributed by atoms with Gasteiger partial charge in [-0.1, -0.05) is 78.9 Å². The lowest BCUT2D eigenvalue weighted by molar-refractivity contribution is 0.415. The minimum atomic E-state index is 0.212. The molecule has 2 aromatic heterocycles. The maximum absolute atomic E-state index is 9.46. The standard InChI is InChI=1S/C32H25N7O/c1-40-26-19-17-22(18-20-26)21-34-38-32-35-31-28(30(33)39(32)25-15-9-4-10-16-25)27(23-11-5-2-6-12-23)29(36-37-31)24-13-7-3-8-14-24/h2-21,33H,1H3,(H,35,37,38). The highest BCUT2D eigenvalue weighted by atomic mass is 16.5. The molecule has 0 bridgehead atoms. The van der Waals surface area contributed by atoms with Gasteiger partial charge in [0.05, 0.1) is 24.4 Å². The van der Waals surface area contributed by atoms with E-state index in [4.69, 9.17) is 9.72 Å². The van der Waals surface area contributed by atoms with Gasteiger partial charge in [-0.05, 0) is 47.5 Å². The summed E-state index contributed by atoms with van der Waals surface area (Å²) in [5.41, 5.74) is 8.55. The number of para-hydroxylation sites is 1. The van der Waals surface area contributed by atoms with Crippen LogP contribution in [0.1, 0.15) is 5.56 Å². The van der Waals surface area contributed by atoms with E-state index in [9.17, 15) is 5.41 Å². The van der Waals surface area contributed by atoms with Crippen molar-refractivity contribution in [2.24, 2.45) is 5.10 Å². The number of ether oxygens (including phenoxy) is 1. The summed E-state index contributed by atoms with van der Waals surface area (Å²) in [7, 11) is 1.63. The third kappa shape index (κ3) is 4.81. The van der Waals surface area contributed by atoms with Gasteiger partial charge in [0.25, 0.3) is 0 Å². The number of hydrogen-bond donors (Lipinski definition) is 2. The molecule has 40 heavy (non-hydrogen) atoms. The van der Waals surface area contributed by atoms with E-state index < -0.39 is 0 Å². The van der Waals surface area contributed by atoms with E-state index in [0.29, 0.717) is 22.7 Å². The van der Waals surface area contributed by atoms with Gasteiger partial charge in [0.2, 0.25) is 5.95 Å². The lowest BCUT2D eigenvalue weighted by Gasteiger charge is -2.17. The quantitative estimate of drug-likeness (QED) is 0.195. The molecule has 0 atom stereocenters. The first kappa shape index (κ1) is 24.7. The Hall–Kier alpha value is -5.63. The number of fused-ring (bicyclic) bond motifs is 1. The van der Waals surface area contributed by atoms with Gasteiger partial charge in [0.15, 0.2) is 5.65 Å². The summed E-state index contributed by atoms with van der Waals surface area (Å²) in [5, 5.41) is 23.6. The summed E-state index contributed by atoms with van der Waals surface area (Å²) in [6.45, 7) is 0. The third-order valence-corrected chi connectivity index (χ3v) is 6.46. The summed E-state index contributed by atoms with van der Waals surface area (Å²) in [4.78, 5) is 4.82. The summed E-state index contributed by atoms with van der Waals surface area (Å²) in [5.74, 6) is 1.11. The maximum Gasteiger partial charge on any atom is 0.232 e. The van der Waals surface area contributed by atoms with E-state index in [1.54, 1.807) is 17.9 Å². The van der Waals surface area contributed by atoms with Gasteiger partial charge in [0.1, 0.15) is 16.9 Å². The van der Waals surface area contributed by atoms with Crippen molar-refractivity contribution in [3.63, 3.8) is 0 Å². The first-order chi connectivity index (χ1) is 19.7. The molecule has 0 aliphatic rings. The molecule has 0 aliphatic carbocycles. The Morgan fingerprint density at radius 1 is 0.775 bits per heavy atom. The Kier molecular flexibility index (Phi) is 6.79. The molecule has 0 fully saturated rings. The molecule has 194 valence electrons. The van der Waals surface area contributed by atoms with E-state index in [1.807, 2.05) is 115 Å². The molecule has 8 heteroatoms. The lowest BCUT2D eigenvalue weighted by atomic mass is 9.97. The number of hydrogen-bond acceptors (Lipinski definition) is 7. The molecule has 6 aromatic rings. The zero-order valence-corrected chi connectivity index (χ0v) is 21.7. The van der Waals surface area contributed by atoms with Gasteiger partial charge < -0.3 is 4.74 Å². The average molecular weight is 524 g/mol. The molecule has 8 nitrogen and oxygen atoms in total. The highest BCUT2D eigenvalue weighted by Gasteiger charge is 2.20. The van der Waals surface area contributed by atoms with Gasteiger partial charge in [-0.15, -0.1) is 10.2 Å². The van der Waals surface area contributed by atoms with Crippen molar-refractivity contribution in [3.8, 4) is 33.8 Å². The monoisotopic (exact) mass is 523 g/mol. The molecule has 6 rings (SSSR count). The highest BCUT2D eigenvalue weighted by Crippen LogP contribution is 2.34.